The molecule has 0 atom stereocenters. The highest BCUT2D eigenvalue weighted by molar-refractivity contribution is 5.92. The number of rotatable bonds is 1. The molecule has 0 aliphatic carbocycles. The summed E-state index contributed by atoms with van der Waals surface area (Å²) in [5.41, 5.74) is 0.619. The van der Waals surface area contributed by atoms with Crippen molar-refractivity contribution in [2.24, 2.45) is 4.99 Å². The highest BCUT2D eigenvalue weighted by Crippen LogP contribution is 2.24. The maximum atomic E-state index is 10.1. The summed E-state index contributed by atoms with van der Waals surface area (Å²) < 4.78 is 0. The Balaban J connectivity index is 2.82. The Morgan fingerprint density at radius 2 is 2.08 bits per heavy atom. The zero-order valence-corrected chi connectivity index (χ0v) is 6.82. The van der Waals surface area contributed by atoms with E-state index in [0.717, 1.165) is 10.8 Å². The number of carbonyl (C=O) groups excluding carboxylic acids is 1. The number of aliphatic imine (C=N–C) groups is 1. The van der Waals surface area contributed by atoms with Crippen LogP contribution in [0.4, 0.5) is 5.69 Å². The number of hydrogen-bond acceptors (Lipinski definition) is 2. The molecule has 1 radical (unpaired) electrons. The maximum absolute atomic E-state index is 10.1. The van der Waals surface area contributed by atoms with Gasteiger partial charge in [0.2, 0.25) is 6.08 Å². The Hall–Kier alpha value is -1.92. The summed E-state index contributed by atoms with van der Waals surface area (Å²) in [5, 5.41) is 1.98. The van der Waals surface area contributed by atoms with Crippen molar-refractivity contribution in [2.75, 3.05) is 0 Å². The zero-order chi connectivity index (χ0) is 9.10. The van der Waals surface area contributed by atoms with E-state index in [0.29, 0.717) is 5.69 Å². The average molecular weight is 168 g/mol. The second kappa shape index (κ2) is 3.21. The van der Waals surface area contributed by atoms with Crippen LogP contribution in [0.25, 0.3) is 10.8 Å². The van der Waals surface area contributed by atoms with Crippen LogP contribution in [0, 0.1) is 6.07 Å². The fourth-order valence-corrected chi connectivity index (χ4v) is 1.29. The summed E-state index contributed by atoms with van der Waals surface area (Å²) in [6, 6.07) is 14.2. The second-order valence-corrected chi connectivity index (χ2v) is 2.63. The van der Waals surface area contributed by atoms with Gasteiger partial charge in [-0.1, -0.05) is 24.3 Å². The summed E-state index contributed by atoms with van der Waals surface area (Å²) in [6.45, 7) is 0. The van der Waals surface area contributed by atoms with Crippen molar-refractivity contribution in [3.05, 3.63) is 42.5 Å². The largest absolute Gasteiger partial charge is 0.240 e. The monoisotopic (exact) mass is 168 g/mol. The van der Waals surface area contributed by atoms with Crippen LogP contribution >= 0.6 is 0 Å². The first-order chi connectivity index (χ1) is 6.42. The van der Waals surface area contributed by atoms with E-state index in [1.807, 2.05) is 30.3 Å². The lowest BCUT2D eigenvalue weighted by Crippen LogP contribution is -1.72. The van der Waals surface area contributed by atoms with Crippen molar-refractivity contribution in [2.45, 2.75) is 0 Å². The number of fused-ring (bicyclic) bond motifs is 1. The topological polar surface area (TPSA) is 29.4 Å². The quantitative estimate of drug-likeness (QED) is 0.475. The molecule has 2 aromatic rings. The zero-order valence-electron chi connectivity index (χ0n) is 6.82. The van der Waals surface area contributed by atoms with Gasteiger partial charge in [-0.15, -0.1) is 0 Å². The molecule has 2 heteroatoms. The van der Waals surface area contributed by atoms with E-state index >= 15 is 0 Å². The molecule has 0 N–H and O–H groups in total. The van der Waals surface area contributed by atoms with E-state index in [4.69, 9.17) is 0 Å². The van der Waals surface area contributed by atoms with Crippen LogP contribution in [0.2, 0.25) is 0 Å². The van der Waals surface area contributed by atoms with Gasteiger partial charge in [0.25, 0.3) is 0 Å². The third-order valence-electron chi connectivity index (χ3n) is 1.86. The number of nitrogens with zero attached hydrogens (tertiary/aromatic N) is 1. The molecule has 0 spiro atoms. The van der Waals surface area contributed by atoms with E-state index in [9.17, 15) is 4.79 Å². The van der Waals surface area contributed by atoms with Crippen LogP contribution in [-0.2, 0) is 4.79 Å². The summed E-state index contributed by atoms with van der Waals surface area (Å²) >= 11 is 0. The van der Waals surface area contributed by atoms with Crippen LogP contribution in [0.1, 0.15) is 0 Å². The van der Waals surface area contributed by atoms with Gasteiger partial charge in [0.15, 0.2) is 0 Å². The molecule has 0 aliphatic heterocycles. The van der Waals surface area contributed by atoms with E-state index in [2.05, 4.69) is 11.1 Å². The van der Waals surface area contributed by atoms with Gasteiger partial charge >= 0.3 is 0 Å². The van der Waals surface area contributed by atoms with E-state index < -0.39 is 0 Å². The molecule has 0 saturated heterocycles. The molecule has 2 rings (SSSR count). The Bertz CT molecular complexity index is 479. The van der Waals surface area contributed by atoms with Gasteiger partial charge < -0.3 is 0 Å². The second-order valence-electron chi connectivity index (χ2n) is 2.63. The first kappa shape index (κ1) is 7.71. The molecule has 0 saturated carbocycles. The van der Waals surface area contributed by atoms with Gasteiger partial charge in [-0.3, -0.25) is 0 Å². The summed E-state index contributed by atoms with van der Waals surface area (Å²) in [6.07, 6.45) is 1.53. The Labute approximate surface area is 75.5 Å². The molecular formula is C11H6NO. The van der Waals surface area contributed by atoms with Crippen LogP contribution in [-0.4, -0.2) is 6.08 Å². The highest BCUT2D eigenvalue weighted by Gasteiger charge is 1.96. The van der Waals surface area contributed by atoms with Crippen molar-refractivity contribution in [1.82, 2.24) is 0 Å². The van der Waals surface area contributed by atoms with E-state index in [-0.39, 0.29) is 0 Å². The molecular weight excluding hydrogens is 162 g/mol. The molecule has 2 aromatic carbocycles. The number of hydrogen-bond donors (Lipinski definition) is 0. The number of benzene rings is 2. The van der Waals surface area contributed by atoms with Gasteiger partial charge in [-0.05, 0) is 23.6 Å². The third kappa shape index (κ3) is 1.35. The molecule has 2 nitrogen and oxygen atoms in total. The van der Waals surface area contributed by atoms with E-state index in [1.54, 1.807) is 6.07 Å². The molecule has 61 valence electrons. The van der Waals surface area contributed by atoms with Crippen molar-refractivity contribution >= 4 is 22.5 Å². The fourth-order valence-electron chi connectivity index (χ4n) is 1.29. The summed E-state index contributed by atoms with van der Waals surface area (Å²) in [4.78, 5) is 13.7. The minimum atomic E-state index is 0.619. The fraction of sp³-hybridized carbons (Fsp3) is 0. The SMILES string of the molecule is O=C=Nc1c[c]cc2ccccc12. The molecule has 0 heterocycles. The molecule has 0 aliphatic rings. The molecule has 0 aromatic heterocycles. The normalized spacial score (nSPS) is 9.54. The Kier molecular flexibility index (Phi) is 1.91. The average Bonchev–Trinajstić information content (AvgIpc) is 2.19. The van der Waals surface area contributed by atoms with Crippen LogP contribution < -0.4 is 0 Å². The van der Waals surface area contributed by atoms with Gasteiger partial charge in [-0.25, -0.2) is 4.79 Å². The van der Waals surface area contributed by atoms with Crippen LogP contribution in [0.5, 0.6) is 0 Å². The van der Waals surface area contributed by atoms with Crippen molar-refractivity contribution in [3.8, 4) is 0 Å². The van der Waals surface area contributed by atoms with E-state index in [1.165, 1.54) is 6.08 Å². The molecule has 13 heavy (non-hydrogen) atoms. The van der Waals surface area contributed by atoms with Crippen molar-refractivity contribution in [1.29, 1.82) is 0 Å². The first-order valence-corrected chi connectivity index (χ1v) is 3.88. The van der Waals surface area contributed by atoms with Crippen LogP contribution in [0.15, 0.2) is 41.4 Å². The van der Waals surface area contributed by atoms with Crippen LogP contribution in [0.3, 0.4) is 0 Å². The third-order valence-corrected chi connectivity index (χ3v) is 1.86. The first-order valence-electron chi connectivity index (χ1n) is 3.88. The predicted molar refractivity (Wildman–Crippen MR) is 50.6 cm³/mol. The highest BCUT2D eigenvalue weighted by atomic mass is 16.1. The lowest BCUT2D eigenvalue weighted by Gasteiger charge is -1.97. The lowest BCUT2D eigenvalue weighted by atomic mass is 10.1. The van der Waals surface area contributed by atoms with Gasteiger partial charge in [0.1, 0.15) is 0 Å². The minimum Gasteiger partial charge on any atom is -0.211 e. The standard InChI is InChI=1S/C11H6NO/c13-8-12-11-7-3-5-9-4-1-2-6-10(9)11/h1-2,4-7H. The molecule has 0 unspecified atom stereocenters. The predicted octanol–water partition coefficient (Wildman–Crippen LogP) is 2.61. The van der Waals surface area contributed by atoms with Crippen molar-refractivity contribution < 1.29 is 4.79 Å². The molecule has 0 amide bonds. The van der Waals surface area contributed by atoms with Gasteiger partial charge in [0, 0.05) is 5.39 Å². The lowest BCUT2D eigenvalue weighted by molar-refractivity contribution is 0.565. The van der Waals surface area contributed by atoms with Gasteiger partial charge in [0.05, 0.1) is 5.69 Å². The van der Waals surface area contributed by atoms with Crippen molar-refractivity contribution in [3.63, 3.8) is 0 Å². The summed E-state index contributed by atoms with van der Waals surface area (Å²) in [5.74, 6) is 0. The minimum absolute atomic E-state index is 0.619. The maximum Gasteiger partial charge on any atom is 0.240 e. The molecule has 0 fully saturated rings. The summed E-state index contributed by atoms with van der Waals surface area (Å²) in [7, 11) is 0. The molecule has 0 bridgehead atoms. The smallest absolute Gasteiger partial charge is 0.211 e. The Morgan fingerprint density at radius 3 is 2.92 bits per heavy atom. The van der Waals surface area contributed by atoms with Gasteiger partial charge in [-0.2, -0.15) is 4.99 Å². The number of isocyanates is 1. The Morgan fingerprint density at radius 1 is 1.23 bits per heavy atom.